The third kappa shape index (κ3) is 9.35. The van der Waals surface area contributed by atoms with Crippen LogP contribution in [-0.4, -0.2) is 79.9 Å². The molecule has 0 aliphatic carbocycles. The Kier molecular flexibility index (Phi) is 11.8. The molecule has 222 valence electrons. The minimum atomic E-state index is -1.22. The maximum Gasteiger partial charge on any atom is 0.326 e. The summed E-state index contributed by atoms with van der Waals surface area (Å²) >= 11 is 1.56. The zero-order valence-corrected chi connectivity index (χ0v) is 24.3. The molecule has 0 saturated carbocycles. The van der Waals surface area contributed by atoms with Gasteiger partial charge in [-0.3, -0.25) is 14.4 Å². The highest BCUT2D eigenvalue weighted by Crippen LogP contribution is 2.19. The van der Waals surface area contributed by atoms with Gasteiger partial charge in [-0.25, -0.2) is 9.78 Å². The molecule has 4 atom stereocenters. The molecular weight excluding hydrogens is 546 g/mol. The number of carboxylic acid groups (broad SMARTS) is 1. The maximum absolute atomic E-state index is 13.5. The fourth-order valence-electron chi connectivity index (χ4n) is 4.45. The van der Waals surface area contributed by atoms with Gasteiger partial charge in [-0.15, -0.1) is 0 Å². The van der Waals surface area contributed by atoms with E-state index in [1.807, 2.05) is 44.4 Å². The number of hydrogen-bond donors (Lipinski definition) is 7. The van der Waals surface area contributed by atoms with Crippen molar-refractivity contribution in [2.24, 2.45) is 11.7 Å². The van der Waals surface area contributed by atoms with E-state index < -0.39 is 47.9 Å². The summed E-state index contributed by atoms with van der Waals surface area (Å²) in [6, 6.07) is 3.42. The van der Waals surface area contributed by atoms with Crippen molar-refractivity contribution in [3.05, 3.63) is 54.2 Å². The molecule has 0 fully saturated rings. The first-order valence-corrected chi connectivity index (χ1v) is 14.9. The summed E-state index contributed by atoms with van der Waals surface area (Å²) in [6.45, 7) is 3.78. The Labute approximate surface area is 243 Å². The maximum atomic E-state index is 13.5. The number of thioether (sulfide) groups is 1. The van der Waals surface area contributed by atoms with Crippen LogP contribution in [0.15, 0.2) is 43.0 Å². The SMILES string of the molecule is CSCCC(N)C(=O)NC(Cc1cnc[nH]1)C(=O)NC(CC(C)C)C(=O)NC(Cc1c[nH]c2ccccc12)C(=O)O. The summed E-state index contributed by atoms with van der Waals surface area (Å²) in [5.74, 6) is -2.19. The molecule has 13 heteroatoms. The lowest BCUT2D eigenvalue weighted by molar-refractivity contribution is -0.142. The average Bonchev–Trinajstić information content (AvgIpc) is 3.60. The molecule has 1 aromatic carbocycles. The fraction of sp³-hybridized carbons (Fsp3) is 0.464. The highest BCUT2D eigenvalue weighted by Gasteiger charge is 2.31. The van der Waals surface area contributed by atoms with Gasteiger partial charge < -0.3 is 36.8 Å². The number of carbonyl (C=O) groups is 4. The van der Waals surface area contributed by atoms with Gasteiger partial charge in [0.15, 0.2) is 0 Å². The summed E-state index contributed by atoms with van der Waals surface area (Å²) in [7, 11) is 0. The van der Waals surface area contributed by atoms with E-state index in [1.165, 1.54) is 6.33 Å². The number of carboxylic acids is 1. The number of hydrogen-bond acceptors (Lipinski definition) is 7. The van der Waals surface area contributed by atoms with Gasteiger partial charge in [-0.1, -0.05) is 32.0 Å². The van der Waals surface area contributed by atoms with Crippen LogP contribution in [0.1, 0.15) is 37.9 Å². The highest BCUT2D eigenvalue weighted by molar-refractivity contribution is 7.98. The van der Waals surface area contributed by atoms with Crippen molar-refractivity contribution in [3.8, 4) is 0 Å². The minimum absolute atomic E-state index is 0.00330. The van der Waals surface area contributed by atoms with Crippen LogP contribution < -0.4 is 21.7 Å². The van der Waals surface area contributed by atoms with Gasteiger partial charge in [0.05, 0.1) is 12.4 Å². The lowest BCUT2D eigenvalue weighted by atomic mass is 10.0. The van der Waals surface area contributed by atoms with Gasteiger partial charge in [0, 0.05) is 41.8 Å². The first kappa shape index (κ1) is 31.7. The van der Waals surface area contributed by atoms with Gasteiger partial charge in [0.1, 0.15) is 18.1 Å². The van der Waals surface area contributed by atoms with Crippen LogP contribution in [0.25, 0.3) is 10.9 Å². The molecule has 0 aliphatic heterocycles. The first-order chi connectivity index (χ1) is 19.6. The molecule has 12 nitrogen and oxygen atoms in total. The molecule has 2 heterocycles. The van der Waals surface area contributed by atoms with Crippen molar-refractivity contribution in [3.63, 3.8) is 0 Å². The smallest absolute Gasteiger partial charge is 0.326 e. The van der Waals surface area contributed by atoms with E-state index in [0.29, 0.717) is 17.9 Å². The predicted octanol–water partition coefficient (Wildman–Crippen LogP) is 1.34. The van der Waals surface area contributed by atoms with Crippen LogP contribution in [0.4, 0.5) is 0 Å². The second-order valence-corrected chi connectivity index (χ2v) is 11.4. The summed E-state index contributed by atoms with van der Waals surface area (Å²) < 4.78 is 0. The third-order valence-corrected chi connectivity index (χ3v) is 7.28. The largest absolute Gasteiger partial charge is 0.480 e. The van der Waals surface area contributed by atoms with E-state index in [2.05, 4.69) is 30.9 Å². The van der Waals surface area contributed by atoms with E-state index >= 15 is 0 Å². The van der Waals surface area contributed by atoms with E-state index in [4.69, 9.17) is 5.73 Å². The van der Waals surface area contributed by atoms with Gasteiger partial charge in [0.2, 0.25) is 17.7 Å². The standard InChI is InChI=1S/C28H39N7O5S/c1-16(2)10-22(26(37)35-24(28(39)40)11-17-13-31-21-7-5-4-6-19(17)21)34-27(38)23(12-18-14-30-15-32-18)33-25(36)20(29)8-9-41-3/h4-7,13-16,20,22-24,31H,8-12,29H2,1-3H3,(H,30,32)(H,33,36)(H,34,38)(H,35,37)(H,39,40). The molecule has 0 aliphatic rings. The number of aliphatic carboxylic acids is 1. The number of nitrogens with zero attached hydrogens (tertiary/aromatic N) is 1. The zero-order valence-electron chi connectivity index (χ0n) is 23.5. The van der Waals surface area contributed by atoms with E-state index in [9.17, 15) is 24.3 Å². The Morgan fingerprint density at radius 1 is 0.976 bits per heavy atom. The monoisotopic (exact) mass is 585 g/mol. The van der Waals surface area contributed by atoms with Crippen LogP contribution in [0.5, 0.6) is 0 Å². The Morgan fingerprint density at radius 3 is 2.32 bits per heavy atom. The number of nitrogens with one attached hydrogen (secondary N) is 5. The number of fused-ring (bicyclic) bond motifs is 1. The Morgan fingerprint density at radius 2 is 1.66 bits per heavy atom. The lowest BCUT2D eigenvalue weighted by Crippen LogP contribution is -2.58. The van der Waals surface area contributed by atoms with Gasteiger partial charge in [0.25, 0.3) is 0 Å². The second kappa shape index (κ2) is 15.2. The number of aromatic amines is 2. The topological polar surface area (TPSA) is 195 Å². The molecule has 3 amide bonds. The summed E-state index contributed by atoms with van der Waals surface area (Å²) in [6.07, 6.45) is 7.50. The third-order valence-electron chi connectivity index (χ3n) is 6.64. The predicted molar refractivity (Wildman–Crippen MR) is 158 cm³/mol. The molecule has 41 heavy (non-hydrogen) atoms. The highest BCUT2D eigenvalue weighted by atomic mass is 32.2. The first-order valence-electron chi connectivity index (χ1n) is 13.5. The number of imidazole rings is 1. The van der Waals surface area contributed by atoms with Gasteiger partial charge >= 0.3 is 5.97 Å². The van der Waals surface area contributed by atoms with Crippen molar-refractivity contribution >= 4 is 46.4 Å². The number of para-hydroxylation sites is 1. The zero-order chi connectivity index (χ0) is 29.9. The second-order valence-electron chi connectivity index (χ2n) is 10.4. The number of nitrogens with two attached hydrogens (primary N) is 1. The molecule has 0 spiro atoms. The molecule has 3 aromatic rings. The quantitative estimate of drug-likeness (QED) is 0.131. The van der Waals surface area contributed by atoms with Crippen molar-refractivity contribution < 1.29 is 24.3 Å². The summed E-state index contributed by atoms with van der Waals surface area (Å²) in [5, 5.41) is 18.8. The van der Waals surface area contributed by atoms with Crippen LogP contribution in [0.2, 0.25) is 0 Å². The Balaban J connectivity index is 1.75. The van der Waals surface area contributed by atoms with E-state index in [0.717, 1.165) is 16.5 Å². The molecule has 0 radical (unpaired) electrons. The van der Waals surface area contributed by atoms with E-state index in [-0.39, 0.29) is 25.2 Å². The molecule has 4 unspecified atom stereocenters. The molecule has 0 bridgehead atoms. The van der Waals surface area contributed by atoms with Gasteiger partial charge in [-0.05, 0) is 42.4 Å². The Hall–Kier alpha value is -3.84. The number of carbonyl (C=O) groups excluding carboxylic acids is 3. The fourth-order valence-corrected chi connectivity index (χ4v) is 4.94. The van der Waals surface area contributed by atoms with Gasteiger partial charge in [-0.2, -0.15) is 11.8 Å². The molecule has 3 rings (SSSR count). The number of amides is 3. The number of rotatable bonds is 16. The van der Waals surface area contributed by atoms with Crippen molar-refractivity contribution in [2.75, 3.05) is 12.0 Å². The minimum Gasteiger partial charge on any atom is -0.480 e. The summed E-state index contributed by atoms with van der Waals surface area (Å²) in [5.41, 5.74) is 8.23. The van der Waals surface area contributed by atoms with Crippen LogP contribution in [0.3, 0.4) is 0 Å². The summed E-state index contributed by atoms with van der Waals surface area (Å²) in [4.78, 5) is 61.7. The van der Waals surface area contributed by atoms with E-state index in [1.54, 1.807) is 24.2 Å². The van der Waals surface area contributed by atoms with Crippen LogP contribution in [0, 0.1) is 5.92 Å². The number of aromatic nitrogens is 3. The molecule has 8 N–H and O–H groups in total. The Bertz CT molecular complexity index is 1310. The molecular formula is C28H39N7O5S. The van der Waals surface area contributed by atoms with Crippen molar-refractivity contribution in [1.29, 1.82) is 0 Å². The van der Waals surface area contributed by atoms with Crippen LogP contribution in [-0.2, 0) is 32.0 Å². The number of H-pyrrole nitrogens is 2. The lowest BCUT2D eigenvalue weighted by Gasteiger charge is -2.26. The molecule has 0 saturated heterocycles. The number of benzene rings is 1. The van der Waals surface area contributed by atoms with Crippen LogP contribution >= 0.6 is 11.8 Å². The average molecular weight is 586 g/mol. The molecule has 2 aromatic heterocycles. The normalized spacial score (nSPS) is 14.3. The van der Waals surface area contributed by atoms with Crippen molar-refractivity contribution in [1.82, 2.24) is 30.9 Å². The van der Waals surface area contributed by atoms with Crippen molar-refractivity contribution in [2.45, 2.75) is 63.7 Å².